The van der Waals surface area contributed by atoms with Gasteiger partial charge in [0.2, 0.25) is 0 Å². The molecule has 0 bridgehead atoms. The highest BCUT2D eigenvalue weighted by molar-refractivity contribution is 6.22. The van der Waals surface area contributed by atoms with E-state index in [-0.39, 0.29) is 0 Å². The van der Waals surface area contributed by atoms with Crippen LogP contribution in [0.2, 0.25) is 0 Å². The SMILES string of the molecule is c1ccc(-c2ccc(-c3cc(-c4ccc(-c5cc6c(oc7cccc(-c8ccc(-n9c%10ccccc%10c%10ccccc%109)cc8)c76)c6ccccc56)cc4)nc(-c4ccc(-c5ccccc5)cc4)n3)cc2)cc1. The second-order valence-corrected chi connectivity index (χ2v) is 18.5. The zero-order valence-electron chi connectivity index (χ0n) is 39.1. The Morgan fingerprint density at radius 2 is 0.736 bits per heavy atom. The molecule has 11 aromatic carbocycles. The van der Waals surface area contributed by atoms with E-state index in [0.29, 0.717) is 5.82 Å². The summed E-state index contributed by atoms with van der Waals surface area (Å²) >= 11 is 0. The lowest BCUT2D eigenvalue weighted by Crippen LogP contribution is -1.96. The molecule has 0 aliphatic carbocycles. The van der Waals surface area contributed by atoms with Crippen molar-refractivity contribution in [3.8, 4) is 84.1 Å². The number of benzene rings is 11. The highest BCUT2D eigenvalue weighted by atomic mass is 16.3. The van der Waals surface area contributed by atoms with Crippen LogP contribution in [-0.4, -0.2) is 14.5 Å². The van der Waals surface area contributed by atoms with Gasteiger partial charge in [0.05, 0.1) is 22.4 Å². The molecular formula is C68H43N3O. The lowest BCUT2D eigenvalue weighted by molar-refractivity contribution is 0.673. The molecule has 14 rings (SSSR count). The molecule has 3 aromatic heterocycles. The summed E-state index contributed by atoms with van der Waals surface area (Å²) in [5.74, 6) is 0.679. The van der Waals surface area contributed by atoms with Crippen LogP contribution < -0.4 is 0 Å². The molecule has 0 fully saturated rings. The summed E-state index contributed by atoms with van der Waals surface area (Å²) in [6.07, 6.45) is 0. The third-order valence-electron chi connectivity index (χ3n) is 14.3. The third kappa shape index (κ3) is 7.08. The van der Waals surface area contributed by atoms with Crippen LogP contribution >= 0.6 is 0 Å². The fourth-order valence-electron chi connectivity index (χ4n) is 10.7. The summed E-state index contributed by atoms with van der Waals surface area (Å²) in [5, 5.41) is 6.92. The number of hydrogen-bond acceptors (Lipinski definition) is 3. The normalized spacial score (nSPS) is 11.6. The first-order valence-electron chi connectivity index (χ1n) is 24.5. The van der Waals surface area contributed by atoms with Crippen molar-refractivity contribution in [1.82, 2.24) is 14.5 Å². The van der Waals surface area contributed by atoms with Crippen LogP contribution in [0.4, 0.5) is 0 Å². The van der Waals surface area contributed by atoms with E-state index < -0.39 is 0 Å². The molecule has 0 spiro atoms. The monoisotopic (exact) mass is 917 g/mol. The minimum absolute atomic E-state index is 0.679. The molecule has 0 saturated heterocycles. The van der Waals surface area contributed by atoms with E-state index in [1.54, 1.807) is 0 Å². The van der Waals surface area contributed by atoms with Crippen LogP contribution in [-0.2, 0) is 0 Å². The highest BCUT2D eigenvalue weighted by Gasteiger charge is 2.20. The van der Waals surface area contributed by atoms with Gasteiger partial charge in [-0.15, -0.1) is 0 Å². The van der Waals surface area contributed by atoms with E-state index in [9.17, 15) is 0 Å². The Morgan fingerprint density at radius 1 is 0.292 bits per heavy atom. The highest BCUT2D eigenvalue weighted by Crippen LogP contribution is 2.44. The van der Waals surface area contributed by atoms with Crippen molar-refractivity contribution >= 4 is 54.5 Å². The van der Waals surface area contributed by atoms with E-state index in [1.165, 1.54) is 32.9 Å². The zero-order chi connectivity index (χ0) is 47.5. The zero-order valence-corrected chi connectivity index (χ0v) is 39.1. The predicted molar refractivity (Wildman–Crippen MR) is 299 cm³/mol. The number of hydrogen-bond donors (Lipinski definition) is 0. The number of para-hydroxylation sites is 2. The van der Waals surface area contributed by atoms with Gasteiger partial charge >= 0.3 is 0 Å². The Balaban J connectivity index is 0.856. The predicted octanol–water partition coefficient (Wildman–Crippen LogP) is 18.3. The molecule has 0 atom stereocenters. The Labute approximate surface area is 416 Å². The lowest BCUT2D eigenvalue weighted by Gasteiger charge is -2.12. The van der Waals surface area contributed by atoms with Crippen LogP contribution in [0.1, 0.15) is 0 Å². The molecule has 0 saturated carbocycles. The summed E-state index contributed by atoms with van der Waals surface area (Å²) in [5.41, 5.74) is 19.2. The maximum absolute atomic E-state index is 6.81. The van der Waals surface area contributed by atoms with E-state index in [2.05, 4.69) is 253 Å². The summed E-state index contributed by atoms with van der Waals surface area (Å²) in [6.45, 7) is 0. The van der Waals surface area contributed by atoms with Crippen molar-refractivity contribution < 1.29 is 4.42 Å². The minimum atomic E-state index is 0.679. The lowest BCUT2D eigenvalue weighted by atomic mass is 9.92. The molecule has 0 amide bonds. The number of furan rings is 1. The smallest absolute Gasteiger partial charge is 0.160 e. The Bertz CT molecular complexity index is 4170. The molecule has 0 N–H and O–H groups in total. The first kappa shape index (κ1) is 41.3. The molecule has 4 nitrogen and oxygen atoms in total. The van der Waals surface area contributed by atoms with Crippen LogP contribution in [0, 0.1) is 0 Å². The quantitative estimate of drug-likeness (QED) is 0.153. The standard InChI is InChI=1S/C68H43N3O/c1-3-14-44(15-4-1)46-26-32-50(33-27-46)61-43-62(70-68(69-61)52-36-28-47(29-37-52)45-16-5-2-6-17-45)51-34-30-49(31-35-51)59-42-60-66-54(22-13-25-65(66)72-67(60)58-21-8-7-18-55(58)59)48-38-40-53(41-39-48)71-63-23-11-9-19-56(63)57-20-10-12-24-64(57)71/h1-43H. The molecule has 14 aromatic rings. The molecule has 0 radical (unpaired) electrons. The van der Waals surface area contributed by atoms with E-state index >= 15 is 0 Å². The van der Waals surface area contributed by atoms with Crippen LogP contribution in [0.15, 0.2) is 265 Å². The summed E-state index contributed by atoms with van der Waals surface area (Å²) < 4.78 is 9.17. The molecule has 4 heteroatoms. The van der Waals surface area contributed by atoms with Gasteiger partial charge < -0.3 is 8.98 Å². The largest absolute Gasteiger partial charge is 0.455 e. The average Bonchev–Trinajstić information content (AvgIpc) is 4.02. The third-order valence-corrected chi connectivity index (χ3v) is 14.3. The maximum atomic E-state index is 6.81. The van der Waals surface area contributed by atoms with Gasteiger partial charge in [0, 0.05) is 49.3 Å². The minimum Gasteiger partial charge on any atom is -0.455 e. The Morgan fingerprint density at radius 3 is 1.32 bits per heavy atom. The van der Waals surface area contributed by atoms with Crippen molar-refractivity contribution in [2.45, 2.75) is 0 Å². The van der Waals surface area contributed by atoms with Crippen LogP contribution in [0.5, 0.6) is 0 Å². The molecule has 72 heavy (non-hydrogen) atoms. The van der Waals surface area contributed by atoms with Crippen molar-refractivity contribution in [3.63, 3.8) is 0 Å². The molecule has 3 heterocycles. The van der Waals surface area contributed by atoms with Crippen LogP contribution in [0.25, 0.3) is 139 Å². The first-order valence-corrected chi connectivity index (χ1v) is 24.5. The van der Waals surface area contributed by atoms with Crippen LogP contribution in [0.3, 0.4) is 0 Å². The van der Waals surface area contributed by atoms with Crippen molar-refractivity contribution in [3.05, 3.63) is 261 Å². The van der Waals surface area contributed by atoms with Crippen molar-refractivity contribution in [1.29, 1.82) is 0 Å². The van der Waals surface area contributed by atoms with Gasteiger partial charge in [0.1, 0.15) is 11.2 Å². The topological polar surface area (TPSA) is 43.9 Å². The Hall–Kier alpha value is -9.64. The van der Waals surface area contributed by atoms with E-state index in [4.69, 9.17) is 14.4 Å². The summed E-state index contributed by atoms with van der Waals surface area (Å²) in [4.78, 5) is 10.4. The molecule has 336 valence electrons. The Kier molecular flexibility index (Phi) is 9.82. The van der Waals surface area contributed by atoms with Gasteiger partial charge in [-0.25, -0.2) is 9.97 Å². The first-order chi connectivity index (χ1) is 35.7. The van der Waals surface area contributed by atoms with Gasteiger partial charge in [0.15, 0.2) is 5.82 Å². The van der Waals surface area contributed by atoms with E-state index in [1.807, 2.05) is 12.1 Å². The van der Waals surface area contributed by atoms with Crippen molar-refractivity contribution in [2.24, 2.45) is 0 Å². The number of fused-ring (bicyclic) bond motifs is 8. The summed E-state index contributed by atoms with van der Waals surface area (Å²) in [6, 6.07) is 92.7. The molecule has 0 unspecified atom stereocenters. The summed E-state index contributed by atoms with van der Waals surface area (Å²) in [7, 11) is 0. The van der Waals surface area contributed by atoms with Gasteiger partial charge in [-0.2, -0.15) is 0 Å². The number of nitrogens with zero attached hydrogens (tertiary/aromatic N) is 3. The molecule has 0 aliphatic heterocycles. The molecular weight excluding hydrogens is 875 g/mol. The van der Waals surface area contributed by atoms with E-state index in [0.717, 1.165) is 99.9 Å². The van der Waals surface area contributed by atoms with Gasteiger partial charge in [0.25, 0.3) is 0 Å². The fraction of sp³-hybridized carbons (Fsp3) is 0. The molecule has 0 aliphatic rings. The fourth-order valence-corrected chi connectivity index (χ4v) is 10.7. The maximum Gasteiger partial charge on any atom is 0.160 e. The number of aromatic nitrogens is 3. The van der Waals surface area contributed by atoms with Gasteiger partial charge in [-0.1, -0.05) is 218 Å². The van der Waals surface area contributed by atoms with Gasteiger partial charge in [-0.05, 0) is 92.4 Å². The second kappa shape index (κ2) is 17.1. The average molecular weight is 918 g/mol. The van der Waals surface area contributed by atoms with Gasteiger partial charge in [-0.3, -0.25) is 0 Å². The second-order valence-electron chi connectivity index (χ2n) is 18.5. The number of rotatable bonds is 8. The van der Waals surface area contributed by atoms with Crippen molar-refractivity contribution in [2.75, 3.05) is 0 Å².